The van der Waals surface area contributed by atoms with Crippen LogP contribution >= 0.6 is 0 Å². The first kappa shape index (κ1) is 15.0. The minimum atomic E-state index is 1.03. The summed E-state index contributed by atoms with van der Waals surface area (Å²) in [7, 11) is 0. The van der Waals surface area contributed by atoms with E-state index in [0.717, 1.165) is 26.1 Å². The van der Waals surface area contributed by atoms with E-state index in [2.05, 4.69) is 82.7 Å². The van der Waals surface area contributed by atoms with Gasteiger partial charge in [-0.2, -0.15) is 0 Å². The molecule has 1 N–H and O–H groups in total. The van der Waals surface area contributed by atoms with Gasteiger partial charge in [0.05, 0.1) is 0 Å². The van der Waals surface area contributed by atoms with Crippen LogP contribution in [-0.2, 0) is 6.54 Å². The molecular formula is C22H22N2. The molecule has 1 aliphatic rings. The third-order valence-electron chi connectivity index (χ3n) is 4.64. The first-order valence-electron chi connectivity index (χ1n) is 8.57. The molecule has 2 aromatic carbocycles. The lowest BCUT2D eigenvalue weighted by Gasteiger charge is -2.25. The van der Waals surface area contributed by atoms with E-state index in [4.69, 9.17) is 0 Å². The van der Waals surface area contributed by atoms with E-state index in [9.17, 15) is 0 Å². The average Bonchev–Trinajstić information content (AvgIpc) is 3.10. The summed E-state index contributed by atoms with van der Waals surface area (Å²) in [5, 5.41) is 1.27. The predicted octanol–water partition coefficient (Wildman–Crippen LogP) is 5.01. The summed E-state index contributed by atoms with van der Waals surface area (Å²) < 4.78 is 0. The molecule has 0 amide bonds. The molecule has 1 aromatic heterocycles. The summed E-state index contributed by atoms with van der Waals surface area (Å²) in [5.74, 6) is 0. The van der Waals surface area contributed by atoms with Gasteiger partial charge in [-0.05, 0) is 46.7 Å². The van der Waals surface area contributed by atoms with Crippen molar-refractivity contribution >= 4 is 17.0 Å². The van der Waals surface area contributed by atoms with Gasteiger partial charge in [-0.15, -0.1) is 0 Å². The van der Waals surface area contributed by atoms with Crippen molar-refractivity contribution in [3.63, 3.8) is 0 Å². The zero-order valence-electron chi connectivity index (χ0n) is 13.8. The maximum absolute atomic E-state index is 3.24. The van der Waals surface area contributed by atoms with Crippen LogP contribution in [0.4, 0.5) is 0 Å². The van der Waals surface area contributed by atoms with Crippen molar-refractivity contribution in [2.45, 2.75) is 13.0 Å². The molecule has 0 unspecified atom stereocenters. The number of benzene rings is 2. The Bertz CT molecular complexity index is 871. The zero-order valence-corrected chi connectivity index (χ0v) is 13.8. The summed E-state index contributed by atoms with van der Waals surface area (Å²) in [5.41, 5.74) is 5.29. The number of aromatic amines is 1. The SMILES string of the molecule is C1=C(/C=C/c2ccc3[nH]ccc3c2)CCN(Cc2ccccc2)C1. The summed E-state index contributed by atoms with van der Waals surface area (Å²) in [6, 6.07) is 19.4. The van der Waals surface area contributed by atoms with Crippen LogP contribution in [0.15, 0.2) is 78.5 Å². The average molecular weight is 314 g/mol. The summed E-state index contributed by atoms with van der Waals surface area (Å²) in [6.45, 7) is 3.20. The molecule has 2 nitrogen and oxygen atoms in total. The maximum atomic E-state index is 3.24. The molecule has 120 valence electrons. The number of nitrogens with one attached hydrogen (secondary N) is 1. The fourth-order valence-electron chi connectivity index (χ4n) is 3.24. The Morgan fingerprint density at radius 2 is 1.92 bits per heavy atom. The molecule has 0 fully saturated rings. The van der Waals surface area contributed by atoms with Gasteiger partial charge in [-0.3, -0.25) is 4.90 Å². The Morgan fingerprint density at radius 1 is 1.00 bits per heavy atom. The highest BCUT2D eigenvalue weighted by Crippen LogP contribution is 2.18. The van der Waals surface area contributed by atoms with Crippen molar-refractivity contribution in [1.82, 2.24) is 9.88 Å². The van der Waals surface area contributed by atoms with Crippen molar-refractivity contribution in [3.05, 3.63) is 89.6 Å². The summed E-state index contributed by atoms with van der Waals surface area (Å²) in [4.78, 5) is 5.73. The number of aromatic nitrogens is 1. The Morgan fingerprint density at radius 3 is 2.75 bits per heavy atom. The van der Waals surface area contributed by atoms with Crippen molar-refractivity contribution in [1.29, 1.82) is 0 Å². The van der Waals surface area contributed by atoms with Crippen molar-refractivity contribution < 1.29 is 0 Å². The van der Waals surface area contributed by atoms with E-state index in [1.54, 1.807) is 0 Å². The van der Waals surface area contributed by atoms with Crippen LogP contribution in [0, 0.1) is 0 Å². The zero-order chi connectivity index (χ0) is 16.2. The second-order valence-electron chi connectivity index (χ2n) is 6.41. The molecule has 2 heterocycles. The standard InChI is InChI=1S/C22H22N2/c1-2-4-20(5-3-1)17-24-14-11-18(12-15-24)6-7-19-8-9-22-21(16-19)10-13-23-22/h1-11,13,16,23H,12,14-15,17H2/b7-6+. The number of H-pyrrole nitrogens is 1. The van der Waals surface area contributed by atoms with Crippen LogP contribution in [-0.4, -0.2) is 23.0 Å². The molecule has 0 saturated heterocycles. The van der Waals surface area contributed by atoms with Crippen LogP contribution in [0.5, 0.6) is 0 Å². The first-order valence-corrected chi connectivity index (χ1v) is 8.57. The topological polar surface area (TPSA) is 19.0 Å². The predicted molar refractivity (Wildman–Crippen MR) is 102 cm³/mol. The van der Waals surface area contributed by atoms with E-state index >= 15 is 0 Å². The fraction of sp³-hybridized carbons (Fsp3) is 0.182. The molecule has 0 saturated carbocycles. The molecule has 1 aliphatic heterocycles. The lowest BCUT2D eigenvalue weighted by Crippen LogP contribution is -2.27. The normalized spacial score (nSPS) is 15.9. The molecule has 0 bridgehead atoms. The van der Waals surface area contributed by atoms with Gasteiger partial charge < -0.3 is 4.98 Å². The monoisotopic (exact) mass is 314 g/mol. The third kappa shape index (κ3) is 3.50. The molecule has 4 rings (SSSR count). The lowest BCUT2D eigenvalue weighted by atomic mass is 10.0. The Kier molecular flexibility index (Phi) is 4.30. The highest BCUT2D eigenvalue weighted by molar-refractivity contribution is 5.82. The van der Waals surface area contributed by atoms with Gasteiger partial charge in [-0.1, -0.05) is 54.6 Å². The van der Waals surface area contributed by atoms with E-state index in [-0.39, 0.29) is 0 Å². The smallest absolute Gasteiger partial charge is 0.0454 e. The van der Waals surface area contributed by atoms with E-state index in [1.807, 2.05) is 6.20 Å². The van der Waals surface area contributed by atoms with Crippen molar-refractivity contribution in [2.75, 3.05) is 13.1 Å². The van der Waals surface area contributed by atoms with Crippen LogP contribution in [0.1, 0.15) is 17.5 Å². The number of nitrogens with zero attached hydrogens (tertiary/aromatic N) is 1. The molecule has 3 aromatic rings. The fourth-order valence-corrected chi connectivity index (χ4v) is 3.24. The molecule has 0 spiro atoms. The van der Waals surface area contributed by atoms with Gasteiger partial charge in [0, 0.05) is 31.3 Å². The largest absolute Gasteiger partial charge is 0.361 e. The van der Waals surface area contributed by atoms with Crippen molar-refractivity contribution in [2.24, 2.45) is 0 Å². The molecule has 0 atom stereocenters. The molecule has 0 radical (unpaired) electrons. The lowest BCUT2D eigenvalue weighted by molar-refractivity contribution is 0.287. The van der Waals surface area contributed by atoms with Crippen LogP contribution in [0.25, 0.3) is 17.0 Å². The van der Waals surface area contributed by atoms with Crippen molar-refractivity contribution in [3.8, 4) is 0 Å². The molecule has 2 heteroatoms. The highest BCUT2D eigenvalue weighted by atomic mass is 15.1. The van der Waals surface area contributed by atoms with E-state index in [1.165, 1.54) is 27.6 Å². The second kappa shape index (κ2) is 6.90. The number of rotatable bonds is 4. The number of hydrogen-bond acceptors (Lipinski definition) is 1. The van der Waals surface area contributed by atoms with Gasteiger partial charge in [0.15, 0.2) is 0 Å². The molecule has 24 heavy (non-hydrogen) atoms. The van der Waals surface area contributed by atoms with Gasteiger partial charge in [0.1, 0.15) is 0 Å². The Balaban J connectivity index is 1.39. The van der Waals surface area contributed by atoms with E-state index < -0.39 is 0 Å². The van der Waals surface area contributed by atoms with Gasteiger partial charge in [-0.25, -0.2) is 0 Å². The first-order chi connectivity index (χ1) is 11.9. The Labute approximate surface area is 143 Å². The third-order valence-corrected chi connectivity index (χ3v) is 4.64. The van der Waals surface area contributed by atoms with Gasteiger partial charge in [0.25, 0.3) is 0 Å². The quantitative estimate of drug-likeness (QED) is 0.717. The Hall–Kier alpha value is -2.58. The van der Waals surface area contributed by atoms with Crippen LogP contribution < -0.4 is 0 Å². The summed E-state index contributed by atoms with van der Waals surface area (Å²) >= 11 is 0. The number of hydrogen-bond donors (Lipinski definition) is 1. The highest BCUT2D eigenvalue weighted by Gasteiger charge is 2.10. The number of allylic oxidation sites excluding steroid dienone is 1. The van der Waals surface area contributed by atoms with Gasteiger partial charge >= 0.3 is 0 Å². The second-order valence-corrected chi connectivity index (χ2v) is 6.41. The van der Waals surface area contributed by atoms with Crippen LogP contribution in [0.2, 0.25) is 0 Å². The molecular weight excluding hydrogens is 292 g/mol. The minimum absolute atomic E-state index is 1.03. The van der Waals surface area contributed by atoms with E-state index in [0.29, 0.717) is 0 Å². The maximum Gasteiger partial charge on any atom is 0.0454 e. The summed E-state index contributed by atoms with van der Waals surface area (Å²) in [6.07, 6.45) is 9.97. The number of fused-ring (bicyclic) bond motifs is 1. The van der Waals surface area contributed by atoms with Gasteiger partial charge in [0.2, 0.25) is 0 Å². The van der Waals surface area contributed by atoms with Crippen LogP contribution in [0.3, 0.4) is 0 Å². The minimum Gasteiger partial charge on any atom is -0.361 e. The molecule has 0 aliphatic carbocycles.